The van der Waals surface area contributed by atoms with E-state index in [1.807, 2.05) is 52.0 Å². The molecule has 0 saturated heterocycles. The molecule has 4 heteroatoms. The summed E-state index contributed by atoms with van der Waals surface area (Å²) in [6.07, 6.45) is 0.149. The third-order valence-corrected chi connectivity index (χ3v) is 2.27. The lowest BCUT2D eigenvalue weighted by Gasteiger charge is -2.21. The number of benzene rings is 1. The molecule has 1 N–H and O–H groups in total. The van der Waals surface area contributed by atoms with Crippen molar-refractivity contribution in [1.29, 1.82) is 0 Å². The Morgan fingerprint density at radius 3 is 2.06 bits per heavy atom. The zero-order valence-electron chi connectivity index (χ0n) is 11.0. The Kier molecular flexibility index (Phi) is 5.68. The van der Waals surface area contributed by atoms with E-state index in [4.69, 9.17) is 9.31 Å². The van der Waals surface area contributed by atoms with Crippen LogP contribution in [0.4, 0.5) is 0 Å². The van der Waals surface area contributed by atoms with Gasteiger partial charge in [-0.3, -0.25) is 0 Å². The number of aliphatic hydroxyl groups is 1. The number of rotatable bonds is 6. The highest BCUT2D eigenvalue weighted by Crippen LogP contribution is 2.05. The van der Waals surface area contributed by atoms with Crippen molar-refractivity contribution < 1.29 is 14.4 Å². The van der Waals surface area contributed by atoms with Crippen LogP contribution in [0.5, 0.6) is 0 Å². The Morgan fingerprint density at radius 1 is 1.06 bits per heavy atom. The van der Waals surface area contributed by atoms with Crippen molar-refractivity contribution in [2.24, 2.45) is 0 Å². The van der Waals surface area contributed by atoms with Crippen molar-refractivity contribution in [3.05, 3.63) is 29.8 Å². The molecular formula is C13H21BO3. The maximum absolute atomic E-state index is 9.32. The van der Waals surface area contributed by atoms with Crippen LogP contribution < -0.4 is 5.46 Å². The average Bonchev–Trinajstić information content (AvgIpc) is 2.27. The molecule has 0 fully saturated rings. The molecule has 0 bridgehead atoms. The Bertz CT molecular complexity index is 329. The Labute approximate surface area is 104 Å². The molecule has 0 saturated carbocycles. The molecule has 0 aromatic heterocycles. The highest BCUT2D eigenvalue weighted by molar-refractivity contribution is 6.61. The van der Waals surface area contributed by atoms with E-state index in [9.17, 15) is 5.11 Å². The fraction of sp³-hybridized carbons (Fsp3) is 0.538. The molecule has 1 aromatic carbocycles. The van der Waals surface area contributed by atoms with E-state index in [1.54, 1.807) is 0 Å². The van der Waals surface area contributed by atoms with Crippen LogP contribution >= 0.6 is 0 Å². The minimum absolute atomic E-state index is 0.00438. The summed E-state index contributed by atoms with van der Waals surface area (Å²) in [7, 11) is -0.418. The molecule has 0 aliphatic rings. The molecular weight excluding hydrogens is 215 g/mol. The second-order valence-corrected chi connectivity index (χ2v) is 4.56. The minimum atomic E-state index is -0.418. The normalized spacial score (nSPS) is 11.2. The standard InChI is InChI=1S/C13H21BO3/c1-10(2)16-14(17-11(3)4)13-8-6-5-7-12(13)9-15/h5-8,10-11,15H,9H2,1-4H3. The van der Waals surface area contributed by atoms with E-state index < -0.39 is 7.12 Å². The van der Waals surface area contributed by atoms with Gasteiger partial charge in [0, 0.05) is 12.2 Å². The monoisotopic (exact) mass is 236 g/mol. The van der Waals surface area contributed by atoms with Gasteiger partial charge in [0.05, 0.1) is 6.61 Å². The smallest absolute Gasteiger partial charge is 0.405 e. The SMILES string of the molecule is CC(C)OB(OC(C)C)c1ccccc1CO. The predicted molar refractivity (Wildman–Crippen MR) is 70.2 cm³/mol. The molecule has 0 aliphatic heterocycles. The summed E-state index contributed by atoms with van der Waals surface area (Å²) in [5.74, 6) is 0. The van der Waals surface area contributed by atoms with Gasteiger partial charge in [-0.05, 0) is 38.7 Å². The van der Waals surface area contributed by atoms with Crippen molar-refractivity contribution in [3.8, 4) is 0 Å². The van der Waals surface area contributed by atoms with Gasteiger partial charge in [0.2, 0.25) is 0 Å². The van der Waals surface area contributed by atoms with Crippen LogP contribution in [0.1, 0.15) is 33.3 Å². The van der Waals surface area contributed by atoms with E-state index in [1.165, 1.54) is 0 Å². The van der Waals surface area contributed by atoms with Gasteiger partial charge >= 0.3 is 7.12 Å². The lowest BCUT2D eigenvalue weighted by atomic mass is 9.75. The van der Waals surface area contributed by atoms with E-state index in [0.717, 1.165) is 11.0 Å². The van der Waals surface area contributed by atoms with Gasteiger partial charge in [0.25, 0.3) is 0 Å². The van der Waals surface area contributed by atoms with Crippen molar-refractivity contribution in [3.63, 3.8) is 0 Å². The first kappa shape index (κ1) is 14.2. The molecule has 94 valence electrons. The van der Waals surface area contributed by atoms with Crippen LogP contribution in [0.2, 0.25) is 0 Å². The first-order chi connectivity index (χ1) is 8.04. The first-order valence-electron chi connectivity index (χ1n) is 6.04. The third kappa shape index (κ3) is 4.50. The van der Waals surface area contributed by atoms with Gasteiger partial charge in [-0.25, -0.2) is 0 Å². The molecule has 0 unspecified atom stereocenters. The maximum Gasteiger partial charge on any atom is 0.494 e. The summed E-state index contributed by atoms with van der Waals surface area (Å²) in [6, 6.07) is 7.64. The molecule has 0 amide bonds. The molecule has 0 atom stereocenters. The first-order valence-corrected chi connectivity index (χ1v) is 6.04. The quantitative estimate of drug-likeness (QED) is 0.764. The lowest BCUT2D eigenvalue weighted by molar-refractivity contribution is 0.138. The maximum atomic E-state index is 9.32. The van der Waals surface area contributed by atoms with E-state index in [2.05, 4.69) is 0 Å². The molecule has 0 radical (unpaired) electrons. The summed E-state index contributed by atoms with van der Waals surface area (Å²) >= 11 is 0. The van der Waals surface area contributed by atoms with Gasteiger partial charge in [-0.1, -0.05) is 24.3 Å². The average molecular weight is 236 g/mol. The van der Waals surface area contributed by atoms with Gasteiger partial charge < -0.3 is 14.4 Å². The van der Waals surface area contributed by atoms with Crippen LogP contribution in [-0.4, -0.2) is 24.4 Å². The Balaban J connectivity index is 2.94. The molecule has 0 heterocycles. The van der Waals surface area contributed by atoms with E-state index in [0.29, 0.717) is 0 Å². The highest BCUT2D eigenvalue weighted by atomic mass is 16.6. The summed E-state index contributed by atoms with van der Waals surface area (Å²) in [5.41, 5.74) is 1.75. The lowest BCUT2D eigenvalue weighted by Crippen LogP contribution is -2.42. The predicted octanol–water partition coefficient (Wildman–Crippen LogP) is 1.72. The molecule has 1 aromatic rings. The molecule has 0 aliphatic carbocycles. The van der Waals surface area contributed by atoms with Crippen molar-refractivity contribution in [2.45, 2.75) is 46.5 Å². The Hall–Kier alpha value is -0.835. The molecule has 1 rings (SSSR count). The fourth-order valence-corrected chi connectivity index (χ4v) is 1.58. The second kappa shape index (κ2) is 6.79. The largest absolute Gasteiger partial charge is 0.494 e. The fourth-order valence-electron chi connectivity index (χ4n) is 1.58. The van der Waals surface area contributed by atoms with Gasteiger partial charge in [0.1, 0.15) is 0 Å². The number of hydrogen-bond acceptors (Lipinski definition) is 3. The van der Waals surface area contributed by atoms with Crippen LogP contribution in [0, 0.1) is 0 Å². The van der Waals surface area contributed by atoms with E-state index in [-0.39, 0.29) is 18.8 Å². The van der Waals surface area contributed by atoms with Gasteiger partial charge in [0.15, 0.2) is 0 Å². The van der Waals surface area contributed by atoms with Gasteiger partial charge in [-0.2, -0.15) is 0 Å². The Morgan fingerprint density at radius 2 is 1.59 bits per heavy atom. The molecule has 0 spiro atoms. The van der Waals surface area contributed by atoms with Crippen LogP contribution in [0.15, 0.2) is 24.3 Å². The van der Waals surface area contributed by atoms with Crippen LogP contribution in [0.25, 0.3) is 0 Å². The van der Waals surface area contributed by atoms with E-state index >= 15 is 0 Å². The van der Waals surface area contributed by atoms with Crippen LogP contribution in [0.3, 0.4) is 0 Å². The third-order valence-electron chi connectivity index (χ3n) is 2.27. The summed E-state index contributed by atoms with van der Waals surface area (Å²) in [4.78, 5) is 0. The zero-order chi connectivity index (χ0) is 12.8. The van der Waals surface area contributed by atoms with Crippen LogP contribution in [-0.2, 0) is 15.9 Å². The molecule has 17 heavy (non-hydrogen) atoms. The van der Waals surface area contributed by atoms with Crippen molar-refractivity contribution in [1.82, 2.24) is 0 Å². The second-order valence-electron chi connectivity index (χ2n) is 4.56. The number of aliphatic hydroxyl groups excluding tert-OH is 1. The minimum Gasteiger partial charge on any atom is -0.405 e. The topological polar surface area (TPSA) is 38.7 Å². The molecule has 3 nitrogen and oxygen atoms in total. The highest BCUT2D eigenvalue weighted by Gasteiger charge is 2.26. The van der Waals surface area contributed by atoms with Crippen molar-refractivity contribution in [2.75, 3.05) is 0 Å². The number of hydrogen-bond donors (Lipinski definition) is 1. The summed E-state index contributed by atoms with van der Waals surface area (Å²) < 4.78 is 11.5. The van der Waals surface area contributed by atoms with Crippen molar-refractivity contribution >= 4 is 12.6 Å². The zero-order valence-corrected chi connectivity index (χ0v) is 11.0. The summed E-state index contributed by atoms with van der Waals surface area (Å²) in [5, 5.41) is 9.32. The van der Waals surface area contributed by atoms with Gasteiger partial charge in [-0.15, -0.1) is 0 Å². The summed E-state index contributed by atoms with van der Waals surface area (Å²) in [6.45, 7) is 7.88.